The van der Waals surface area contributed by atoms with Crippen LogP contribution in [0.25, 0.3) is 0 Å². The summed E-state index contributed by atoms with van der Waals surface area (Å²) in [6.07, 6.45) is -1.04. The van der Waals surface area contributed by atoms with Crippen molar-refractivity contribution in [2.45, 2.75) is 45.8 Å². The van der Waals surface area contributed by atoms with Crippen molar-refractivity contribution in [2.75, 3.05) is 25.4 Å². The maximum atomic E-state index is 13.1. The van der Waals surface area contributed by atoms with Gasteiger partial charge in [0.1, 0.15) is 11.8 Å². The van der Waals surface area contributed by atoms with Crippen LogP contribution in [0.15, 0.2) is 24.3 Å². The van der Waals surface area contributed by atoms with Crippen LogP contribution in [0, 0.1) is 5.41 Å². The van der Waals surface area contributed by atoms with Gasteiger partial charge in [0.15, 0.2) is 11.2 Å². The molecule has 2 amide bonds. The Kier molecular flexibility index (Phi) is 10.9. The number of benzene rings is 1. The van der Waals surface area contributed by atoms with Gasteiger partial charge in [0.25, 0.3) is 5.91 Å². The van der Waals surface area contributed by atoms with E-state index in [1.54, 1.807) is 26.0 Å². The maximum absolute atomic E-state index is 13.1. The van der Waals surface area contributed by atoms with Crippen LogP contribution >= 0.6 is 19.6 Å². The Morgan fingerprint density at radius 3 is 2.50 bits per heavy atom. The van der Waals surface area contributed by atoms with E-state index in [0.717, 1.165) is 11.8 Å². The number of nitrogens with two attached hydrogens (primary N) is 1. The molecule has 0 spiro atoms. The highest BCUT2D eigenvalue weighted by Gasteiger charge is 2.49. The van der Waals surface area contributed by atoms with E-state index < -0.39 is 37.3 Å². The molecule has 5 N–H and O–H groups in total. The SMILES string of the molecule is CC(=O)SCCNC(=O)CCNC(=O)[C@@H]1OP(=O)(Oc2ccc(CC(N)C(=O)O)cc2)OCC1(C)C. The van der Waals surface area contributed by atoms with Gasteiger partial charge < -0.3 is 26.0 Å². The van der Waals surface area contributed by atoms with E-state index in [1.807, 2.05) is 0 Å². The average molecular weight is 546 g/mol. The summed E-state index contributed by atoms with van der Waals surface area (Å²) in [6.45, 7) is 5.15. The van der Waals surface area contributed by atoms with Crippen molar-refractivity contribution < 1.29 is 42.4 Å². The number of aliphatic carboxylic acids is 1. The van der Waals surface area contributed by atoms with E-state index in [2.05, 4.69) is 10.6 Å². The second-order valence-electron chi connectivity index (χ2n) is 8.81. The lowest BCUT2D eigenvalue weighted by Gasteiger charge is -2.39. The van der Waals surface area contributed by atoms with Crippen molar-refractivity contribution in [3.05, 3.63) is 29.8 Å². The molecule has 0 aromatic heterocycles. The quantitative estimate of drug-likeness (QED) is 0.220. The third-order valence-corrected chi connectivity index (χ3v) is 7.23. The van der Waals surface area contributed by atoms with Gasteiger partial charge in [0.05, 0.1) is 6.61 Å². The molecule has 1 aliphatic heterocycles. The number of carboxylic acid groups (broad SMARTS) is 1. The van der Waals surface area contributed by atoms with Gasteiger partial charge in [-0.25, -0.2) is 4.57 Å². The van der Waals surface area contributed by atoms with Gasteiger partial charge in [0, 0.05) is 37.6 Å². The molecule has 3 atom stereocenters. The first-order valence-electron chi connectivity index (χ1n) is 11.2. The maximum Gasteiger partial charge on any atom is 0.530 e. The molecule has 1 aliphatic rings. The second-order valence-corrected chi connectivity index (χ2v) is 11.6. The highest BCUT2D eigenvalue weighted by atomic mass is 32.2. The predicted molar refractivity (Wildman–Crippen MR) is 132 cm³/mol. The number of hydrogen-bond donors (Lipinski definition) is 4. The van der Waals surface area contributed by atoms with Crippen LogP contribution in [0.1, 0.15) is 32.8 Å². The number of phosphoric acid groups is 1. The van der Waals surface area contributed by atoms with Crippen LogP contribution in [0.2, 0.25) is 0 Å². The van der Waals surface area contributed by atoms with Crippen LogP contribution in [0.5, 0.6) is 5.75 Å². The van der Waals surface area contributed by atoms with Crippen molar-refractivity contribution in [3.8, 4) is 5.75 Å². The molecule has 0 radical (unpaired) electrons. The van der Waals surface area contributed by atoms with Crippen molar-refractivity contribution in [3.63, 3.8) is 0 Å². The molecule has 1 heterocycles. The highest BCUT2D eigenvalue weighted by molar-refractivity contribution is 8.13. The van der Waals surface area contributed by atoms with Gasteiger partial charge in [-0.1, -0.05) is 37.7 Å². The van der Waals surface area contributed by atoms with E-state index >= 15 is 0 Å². The Morgan fingerprint density at radius 1 is 1.22 bits per heavy atom. The van der Waals surface area contributed by atoms with Crippen LogP contribution in [-0.4, -0.2) is 65.6 Å². The zero-order valence-electron chi connectivity index (χ0n) is 20.4. The fourth-order valence-electron chi connectivity index (χ4n) is 3.10. The van der Waals surface area contributed by atoms with Crippen molar-refractivity contribution in [1.29, 1.82) is 0 Å². The zero-order chi connectivity index (χ0) is 26.9. The number of carbonyl (C=O) groups is 4. The highest BCUT2D eigenvalue weighted by Crippen LogP contribution is 2.56. The van der Waals surface area contributed by atoms with E-state index in [0.29, 0.717) is 17.9 Å². The lowest BCUT2D eigenvalue weighted by molar-refractivity contribution is -0.140. The summed E-state index contributed by atoms with van der Waals surface area (Å²) < 4.78 is 29.4. The minimum absolute atomic E-state index is 0.0200. The molecule has 2 rings (SSSR count). The smallest absolute Gasteiger partial charge is 0.480 e. The molecule has 200 valence electrons. The predicted octanol–water partition coefficient (Wildman–Crippen LogP) is 1.47. The zero-order valence-corrected chi connectivity index (χ0v) is 22.1. The van der Waals surface area contributed by atoms with Gasteiger partial charge in [-0.3, -0.25) is 28.2 Å². The van der Waals surface area contributed by atoms with Gasteiger partial charge in [-0.2, -0.15) is 0 Å². The van der Waals surface area contributed by atoms with Gasteiger partial charge in [0.2, 0.25) is 5.91 Å². The Labute approximate surface area is 213 Å². The number of carboxylic acids is 1. The Bertz CT molecular complexity index is 1000. The van der Waals surface area contributed by atoms with Crippen LogP contribution in [0.4, 0.5) is 0 Å². The monoisotopic (exact) mass is 545 g/mol. The Balaban J connectivity index is 1.90. The molecule has 36 heavy (non-hydrogen) atoms. The third-order valence-electron chi connectivity index (χ3n) is 5.07. The summed E-state index contributed by atoms with van der Waals surface area (Å²) in [5, 5.41) is 14.1. The summed E-state index contributed by atoms with van der Waals surface area (Å²) in [6, 6.07) is 5.04. The third kappa shape index (κ3) is 9.55. The van der Waals surface area contributed by atoms with E-state index in [-0.39, 0.29) is 42.8 Å². The van der Waals surface area contributed by atoms with Gasteiger partial charge >= 0.3 is 13.8 Å². The largest absolute Gasteiger partial charge is 0.530 e. The lowest BCUT2D eigenvalue weighted by Crippen LogP contribution is -2.50. The van der Waals surface area contributed by atoms with E-state index in [9.17, 15) is 23.7 Å². The molecule has 2 unspecified atom stereocenters. The number of nitrogens with one attached hydrogen (secondary N) is 2. The molecule has 1 aromatic carbocycles. The lowest BCUT2D eigenvalue weighted by atomic mass is 9.87. The van der Waals surface area contributed by atoms with Gasteiger partial charge in [-0.05, 0) is 24.1 Å². The fraction of sp³-hybridized carbons (Fsp3) is 0.545. The van der Waals surface area contributed by atoms with Crippen molar-refractivity contribution in [2.24, 2.45) is 11.1 Å². The van der Waals surface area contributed by atoms with E-state index in [1.165, 1.54) is 19.1 Å². The first kappa shape index (κ1) is 29.8. The molecular formula is C22H32N3O9PS. The van der Waals surface area contributed by atoms with Gasteiger partial charge in [-0.15, -0.1) is 0 Å². The summed E-state index contributed by atoms with van der Waals surface area (Å²) in [4.78, 5) is 46.4. The van der Waals surface area contributed by atoms with Crippen LogP contribution < -0.4 is 20.9 Å². The molecule has 1 aromatic rings. The summed E-state index contributed by atoms with van der Waals surface area (Å²) in [5.41, 5.74) is 5.34. The minimum Gasteiger partial charge on any atom is -0.480 e. The Morgan fingerprint density at radius 2 is 1.89 bits per heavy atom. The molecule has 0 bridgehead atoms. The minimum atomic E-state index is -4.15. The summed E-state index contributed by atoms with van der Waals surface area (Å²) >= 11 is 1.11. The summed E-state index contributed by atoms with van der Waals surface area (Å²) in [5.74, 6) is -1.37. The van der Waals surface area contributed by atoms with E-state index in [4.69, 9.17) is 24.4 Å². The molecule has 1 fully saturated rings. The van der Waals surface area contributed by atoms with Crippen molar-refractivity contribution in [1.82, 2.24) is 10.6 Å². The number of carbonyl (C=O) groups excluding carboxylic acids is 3. The molecular weight excluding hydrogens is 513 g/mol. The first-order chi connectivity index (χ1) is 16.8. The summed E-state index contributed by atoms with van der Waals surface area (Å²) in [7, 11) is -4.15. The second kappa shape index (κ2) is 13.2. The molecule has 0 aliphatic carbocycles. The average Bonchev–Trinajstić information content (AvgIpc) is 2.79. The fourth-order valence-corrected chi connectivity index (χ4v) is 5.25. The first-order valence-corrected chi connectivity index (χ1v) is 13.6. The van der Waals surface area contributed by atoms with Crippen LogP contribution in [-0.2, 0) is 39.2 Å². The molecule has 14 heteroatoms. The number of phosphoric ester groups is 1. The number of rotatable bonds is 12. The Hall–Kier alpha value is -2.44. The molecule has 1 saturated heterocycles. The molecule has 0 saturated carbocycles. The van der Waals surface area contributed by atoms with Crippen molar-refractivity contribution >= 4 is 42.5 Å². The number of hydrogen-bond acceptors (Lipinski definition) is 10. The molecule has 12 nitrogen and oxygen atoms in total. The number of thioether (sulfide) groups is 1. The standard InChI is InChI=1S/C22H32N3O9PS/c1-14(26)36-11-10-24-18(27)8-9-25-20(28)19-22(2,3)13-32-35(31,34-19)33-16-6-4-15(5-7-16)12-17(23)21(29)30/h4-7,17,19H,8-13,23H2,1-3H3,(H,24,27)(H,25,28)(H,29,30)/t17?,19-,35?/m0/s1. The number of amides is 2. The normalized spacial score (nSPS) is 21.7. The van der Waals surface area contributed by atoms with Crippen LogP contribution in [0.3, 0.4) is 0 Å². The topological polar surface area (TPSA) is 183 Å².